The maximum Gasteiger partial charge on any atom is 0.317 e. The third-order valence-electron chi connectivity index (χ3n) is 5.25. The van der Waals surface area contributed by atoms with Crippen LogP contribution in [0.2, 0.25) is 0 Å². The summed E-state index contributed by atoms with van der Waals surface area (Å²) < 4.78 is 0. The van der Waals surface area contributed by atoms with Crippen molar-refractivity contribution in [2.45, 2.75) is 50.6 Å². The topological polar surface area (TPSA) is 55.8 Å². The largest absolute Gasteiger partial charge is 0.396 e. The average Bonchev–Trinajstić information content (AvgIpc) is 2.56. The first kappa shape index (κ1) is 17.3. The third-order valence-corrected chi connectivity index (χ3v) is 5.25. The van der Waals surface area contributed by atoms with E-state index in [9.17, 15) is 9.90 Å². The van der Waals surface area contributed by atoms with Gasteiger partial charge in [-0.1, -0.05) is 6.08 Å². The van der Waals surface area contributed by atoms with Gasteiger partial charge in [-0.3, -0.25) is 4.90 Å². The van der Waals surface area contributed by atoms with Crippen molar-refractivity contribution in [1.82, 2.24) is 15.1 Å². The minimum atomic E-state index is 0.0645. The molecular weight excluding hydrogens is 278 g/mol. The van der Waals surface area contributed by atoms with Crippen molar-refractivity contribution < 1.29 is 9.90 Å². The molecule has 0 bridgehead atoms. The van der Waals surface area contributed by atoms with Crippen molar-refractivity contribution in [1.29, 1.82) is 0 Å². The average molecular weight is 309 g/mol. The summed E-state index contributed by atoms with van der Waals surface area (Å²) in [6, 6.07) is 0.683. The third kappa shape index (κ3) is 4.71. The smallest absolute Gasteiger partial charge is 0.317 e. The van der Waals surface area contributed by atoms with Crippen LogP contribution in [0.1, 0.15) is 38.5 Å². The fourth-order valence-corrected chi connectivity index (χ4v) is 3.60. The maximum absolute atomic E-state index is 12.4. The van der Waals surface area contributed by atoms with E-state index < -0.39 is 0 Å². The van der Waals surface area contributed by atoms with Crippen LogP contribution in [0.3, 0.4) is 0 Å². The normalized spacial score (nSPS) is 27.4. The molecule has 2 amide bonds. The van der Waals surface area contributed by atoms with E-state index in [1.807, 2.05) is 18.0 Å². The highest BCUT2D eigenvalue weighted by atomic mass is 16.3. The van der Waals surface area contributed by atoms with Gasteiger partial charge in [0.15, 0.2) is 0 Å². The van der Waals surface area contributed by atoms with Crippen molar-refractivity contribution in [2.24, 2.45) is 5.92 Å². The summed E-state index contributed by atoms with van der Waals surface area (Å²) in [4.78, 5) is 16.7. The van der Waals surface area contributed by atoms with Gasteiger partial charge in [-0.05, 0) is 44.4 Å². The Balaban J connectivity index is 1.72. The number of carbonyl (C=O) groups excluding carboxylic acids is 1. The summed E-state index contributed by atoms with van der Waals surface area (Å²) in [6.07, 6.45) is 8.04. The minimum absolute atomic E-state index is 0.0645. The molecule has 2 N–H and O–H groups in total. The lowest BCUT2D eigenvalue weighted by atomic mass is 9.86. The van der Waals surface area contributed by atoms with Gasteiger partial charge in [0.1, 0.15) is 0 Å². The highest BCUT2D eigenvalue weighted by Gasteiger charge is 2.28. The van der Waals surface area contributed by atoms with E-state index in [0.717, 1.165) is 58.2 Å². The molecule has 0 unspecified atom stereocenters. The van der Waals surface area contributed by atoms with Crippen LogP contribution in [-0.2, 0) is 0 Å². The lowest BCUT2D eigenvalue weighted by Gasteiger charge is -2.36. The first-order valence-electron chi connectivity index (χ1n) is 8.61. The molecule has 1 aliphatic carbocycles. The van der Waals surface area contributed by atoms with E-state index >= 15 is 0 Å². The fourth-order valence-electron chi connectivity index (χ4n) is 3.60. The van der Waals surface area contributed by atoms with Crippen LogP contribution in [0.25, 0.3) is 0 Å². The summed E-state index contributed by atoms with van der Waals surface area (Å²) in [6.45, 7) is 7.06. The first-order valence-corrected chi connectivity index (χ1v) is 8.61. The summed E-state index contributed by atoms with van der Waals surface area (Å²) in [7, 11) is 1.91. The highest BCUT2D eigenvalue weighted by Crippen LogP contribution is 2.26. The lowest BCUT2D eigenvalue weighted by molar-refractivity contribution is 0.129. The Bertz CT molecular complexity index is 359. The van der Waals surface area contributed by atoms with E-state index in [-0.39, 0.29) is 12.6 Å². The Morgan fingerprint density at radius 1 is 1.27 bits per heavy atom. The van der Waals surface area contributed by atoms with Gasteiger partial charge in [0, 0.05) is 45.4 Å². The van der Waals surface area contributed by atoms with Gasteiger partial charge >= 0.3 is 6.03 Å². The van der Waals surface area contributed by atoms with Gasteiger partial charge < -0.3 is 15.3 Å². The predicted octanol–water partition coefficient (Wildman–Crippen LogP) is 1.83. The lowest BCUT2D eigenvalue weighted by Crippen LogP contribution is -2.51. The number of piperidine rings is 1. The minimum Gasteiger partial charge on any atom is -0.396 e. The molecule has 126 valence electrons. The van der Waals surface area contributed by atoms with Crippen molar-refractivity contribution in [3.63, 3.8) is 0 Å². The van der Waals surface area contributed by atoms with E-state index in [4.69, 9.17) is 0 Å². The number of rotatable bonds is 5. The second-order valence-electron chi connectivity index (χ2n) is 6.78. The van der Waals surface area contributed by atoms with E-state index in [1.54, 1.807) is 0 Å². The SMILES string of the molecule is C=CCN1CCC(NC(=O)N(C)C2CCC(CO)CC2)CC1. The van der Waals surface area contributed by atoms with Crippen LogP contribution in [0.4, 0.5) is 4.79 Å². The Morgan fingerprint density at radius 3 is 2.45 bits per heavy atom. The summed E-state index contributed by atoms with van der Waals surface area (Å²) in [5.74, 6) is 0.432. The molecule has 1 heterocycles. The molecule has 1 aliphatic heterocycles. The molecule has 2 fully saturated rings. The Morgan fingerprint density at radius 2 is 1.91 bits per heavy atom. The Labute approximate surface area is 134 Å². The molecule has 22 heavy (non-hydrogen) atoms. The van der Waals surface area contributed by atoms with Gasteiger partial charge in [-0.25, -0.2) is 4.79 Å². The summed E-state index contributed by atoms with van der Waals surface area (Å²) >= 11 is 0. The molecule has 0 aromatic heterocycles. The number of hydrogen-bond donors (Lipinski definition) is 2. The number of likely N-dealkylation sites (tertiary alicyclic amines) is 1. The van der Waals surface area contributed by atoms with E-state index in [0.29, 0.717) is 18.0 Å². The molecule has 5 nitrogen and oxygen atoms in total. The number of nitrogens with zero attached hydrogens (tertiary/aromatic N) is 2. The predicted molar refractivity (Wildman–Crippen MR) is 88.8 cm³/mol. The summed E-state index contributed by atoms with van der Waals surface area (Å²) in [5.41, 5.74) is 0. The van der Waals surface area contributed by atoms with Gasteiger partial charge in [-0.2, -0.15) is 0 Å². The van der Waals surface area contributed by atoms with Crippen LogP contribution in [0.5, 0.6) is 0 Å². The van der Waals surface area contributed by atoms with Gasteiger partial charge in [0.05, 0.1) is 0 Å². The molecule has 0 spiro atoms. The number of hydrogen-bond acceptors (Lipinski definition) is 3. The van der Waals surface area contributed by atoms with Crippen molar-refractivity contribution in [3.8, 4) is 0 Å². The molecule has 5 heteroatoms. The van der Waals surface area contributed by atoms with Crippen molar-refractivity contribution in [2.75, 3.05) is 33.3 Å². The van der Waals surface area contributed by atoms with Gasteiger partial charge in [0.25, 0.3) is 0 Å². The zero-order chi connectivity index (χ0) is 15.9. The summed E-state index contributed by atoms with van der Waals surface area (Å²) in [5, 5.41) is 12.4. The van der Waals surface area contributed by atoms with Crippen LogP contribution in [0, 0.1) is 5.92 Å². The second kappa shape index (κ2) is 8.53. The Hall–Kier alpha value is -1.07. The Kier molecular flexibility index (Phi) is 6.70. The number of urea groups is 1. The van der Waals surface area contributed by atoms with Crippen LogP contribution in [-0.4, -0.2) is 66.3 Å². The molecule has 2 aliphatic rings. The molecule has 0 radical (unpaired) electrons. The molecule has 1 saturated heterocycles. The van der Waals surface area contributed by atoms with Gasteiger partial charge in [0.2, 0.25) is 0 Å². The molecule has 1 saturated carbocycles. The molecule has 0 atom stereocenters. The highest BCUT2D eigenvalue weighted by molar-refractivity contribution is 5.74. The molecule has 0 aromatic rings. The number of aliphatic hydroxyl groups is 1. The van der Waals surface area contributed by atoms with Crippen LogP contribution in [0.15, 0.2) is 12.7 Å². The zero-order valence-electron chi connectivity index (χ0n) is 13.8. The van der Waals surface area contributed by atoms with Crippen LogP contribution >= 0.6 is 0 Å². The number of carbonyl (C=O) groups is 1. The standard InChI is InChI=1S/C17H31N3O2/c1-3-10-20-11-8-15(9-12-20)18-17(22)19(2)16-6-4-14(13-21)5-7-16/h3,14-16,21H,1,4-13H2,2H3,(H,18,22). The monoisotopic (exact) mass is 309 g/mol. The number of nitrogens with one attached hydrogen (secondary N) is 1. The first-order chi connectivity index (χ1) is 10.6. The van der Waals surface area contributed by atoms with Crippen LogP contribution < -0.4 is 5.32 Å². The molecular formula is C17H31N3O2. The van der Waals surface area contributed by atoms with E-state index in [2.05, 4.69) is 16.8 Å². The van der Waals surface area contributed by atoms with E-state index in [1.165, 1.54) is 0 Å². The van der Waals surface area contributed by atoms with Crippen molar-refractivity contribution >= 4 is 6.03 Å². The fraction of sp³-hybridized carbons (Fsp3) is 0.824. The number of aliphatic hydroxyl groups excluding tert-OH is 1. The quantitative estimate of drug-likeness (QED) is 0.762. The van der Waals surface area contributed by atoms with Crippen molar-refractivity contribution in [3.05, 3.63) is 12.7 Å². The maximum atomic E-state index is 12.4. The molecule has 0 aromatic carbocycles. The second-order valence-corrected chi connectivity index (χ2v) is 6.78. The van der Waals surface area contributed by atoms with Gasteiger partial charge in [-0.15, -0.1) is 6.58 Å². The zero-order valence-corrected chi connectivity index (χ0v) is 13.8. The molecule has 2 rings (SSSR count). The number of amides is 2.